The zero-order chi connectivity index (χ0) is 16.8. The molecule has 1 aliphatic rings. The summed E-state index contributed by atoms with van der Waals surface area (Å²) in [5.74, 6) is 0. The Hall–Kier alpha value is -2.40. The summed E-state index contributed by atoms with van der Waals surface area (Å²) in [5.41, 5.74) is 2.17. The minimum Gasteiger partial charge on any atom is -0.445 e. The smallest absolute Gasteiger partial charge is 0.407 e. The van der Waals surface area contributed by atoms with Crippen LogP contribution in [0.5, 0.6) is 0 Å². The molecule has 5 heteroatoms. The van der Waals surface area contributed by atoms with Gasteiger partial charge in [-0.1, -0.05) is 36.4 Å². The van der Waals surface area contributed by atoms with Crippen LogP contribution in [-0.2, 0) is 11.3 Å². The number of pyridine rings is 1. The van der Waals surface area contributed by atoms with Gasteiger partial charge in [-0.25, -0.2) is 4.79 Å². The predicted octanol–water partition coefficient (Wildman–Crippen LogP) is 3.19. The van der Waals surface area contributed by atoms with E-state index in [0.29, 0.717) is 12.6 Å². The molecule has 126 valence electrons. The molecule has 1 aromatic heterocycles. The summed E-state index contributed by atoms with van der Waals surface area (Å²) in [6.45, 7) is 2.44. The maximum atomic E-state index is 11.8. The van der Waals surface area contributed by atoms with E-state index in [2.05, 4.69) is 28.6 Å². The third kappa shape index (κ3) is 4.55. The van der Waals surface area contributed by atoms with Gasteiger partial charge >= 0.3 is 6.09 Å². The lowest BCUT2D eigenvalue weighted by Crippen LogP contribution is -2.52. The van der Waals surface area contributed by atoms with Crippen molar-refractivity contribution in [1.82, 2.24) is 15.6 Å². The summed E-state index contributed by atoms with van der Waals surface area (Å²) >= 11 is 0. The summed E-state index contributed by atoms with van der Waals surface area (Å²) in [4.78, 5) is 16.0. The van der Waals surface area contributed by atoms with Gasteiger partial charge in [-0.05, 0) is 37.0 Å². The van der Waals surface area contributed by atoms with E-state index in [0.717, 1.165) is 18.4 Å². The maximum absolute atomic E-state index is 11.8. The van der Waals surface area contributed by atoms with E-state index in [4.69, 9.17) is 4.74 Å². The molecule has 24 heavy (non-hydrogen) atoms. The van der Waals surface area contributed by atoms with Crippen molar-refractivity contribution >= 4 is 6.09 Å². The van der Waals surface area contributed by atoms with Crippen LogP contribution in [0.2, 0.25) is 0 Å². The van der Waals surface area contributed by atoms with E-state index in [-0.39, 0.29) is 18.2 Å². The van der Waals surface area contributed by atoms with Gasteiger partial charge in [0.05, 0.1) is 0 Å². The fourth-order valence-electron chi connectivity index (χ4n) is 2.89. The van der Waals surface area contributed by atoms with Crippen molar-refractivity contribution in [2.45, 2.75) is 44.5 Å². The Kier molecular flexibility index (Phi) is 5.43. The number of nitrogens with one attached hydrogen (secondary N) is 2. The molecule has 0 spiro atoms. The zero-order valence-electron chi connectivity index (χ0n) is 13.8. The molecule has 1 heterocycles. The molecule has 0 aliphatic heterocycles. The highest BCUT2D eigenvalue weighted by molar-refractivity contribution is 5.67. The van der Waals surface area contributed by atoms with Gasteiger partial charge in [0, 0.05) is 30.5 Å². The second kappa shape index (κ2) is 7.93. The van der Waals surface area contributed by atoms with Gasteiger partial charge in [-0.3, -0.25) is 4.98 Å². The molecule has 1 fully saturated rings. The molecule has 1 aliphatic carbocycles. The van der Waals surface area contributed by atoms with Crippen LogP contribution in [0.1, 0.15) is 36.9 Å². The second-order valence-electron chi connectivity index (χ2n) is 6.25. The molecule has 2 N–H and O–H groups in total. The number of hydrogen-bond acceptors (Lipinski definition) is 4. The number of ether oxygens (including phenoxy) is 1. The van der Waals surface area contributed by atoms with Gasteiger partial charge in [-0.2, -0.15) is 0 Å². The lowest BCUT2D eigenvalue weighted by molar-refractivity contribution is 0.124. The predicted molar refractivity (Wildman–Crippen MR) is 92.4 cm³/mol. The fraction of sp³-hybridized carbons (Fsp3) is 0.368. The minimum atomic E-state index is -0.345. The number of benzene rings is 1. The topological polar surface area (TPSA) is 63.2 Å². The van der Waals surface area contributed by atoms with Gasteiger partial charge in [0.25, 0.3) is 0 Å². The Bertz CT molecular complexity index is 642. The Morgan fingerprint density at radius 3 is 2.71 bits per heavy atom. The fourth-order valence-corrected chi connectivity index (χ4v) is 2.89. The number of carbonyl (C=O) groups excluding carboxylic acids is 1. The Morgan fingerprint density at radius 2 is 2.00 bits per heavy atom. The molecule has 5 nitrogen and oxygen atoms in total. The van der Waals surface area contributed by atoms with Crippen molar-refractivity contribution in [2.75, 3.05) is 0 Å². The first-order valence-corrected chi connectivity index (χ1v) is 8.34. The molecular weight excluding hydrogens is 302 g/mol. The van der Waals surface area contributed by atoms with Crippen LogP contribution in [0, 0.1) is 0 Å². The molecule has 1 atom stereocenters. The van der Waals surface area contributed by atoms with Crippen LogP contribution in [0.15, 0.2) is 54.9 Å². The first-order valence-electron chi connectivity index (χ1n) is 8.34. The molecule has 1 unspecified atom stereocenters. The molecule has 1 aromatic carbocycles. The normalized spacial score (nSPS) is 20.7. The zero-order valence-corrected chi connectivity index (χ0v) is 13.8. The van der Waals surface area contributed by atoms with Crippen molar-refractivity contribution < 1.29 is 9.53 Å². The third-order valence-corrected chi connectivity index (χ3v) is 4.34. The molecule has 1 amide bonds. The summed E-state index contributed by atoms with van der Waals surface area (Å²) in [6, 6.07) is 14.6. The molecule has 3 rings (SSSR count). The van der Waals surface area contributed by atoms with Gasteiger partial charge in [-0.15, -0.1) is 0 Å². The average Bonchev–Trinajstić information content (AvgIpc) is 2.59. The van der Waals surface area contributed by atoms with Crippen LogP contribution in [0.4, 0.5) is 4.79 Å². The number of alkyl carbamates (subject to hydrolysis) is 1. The largest absolute Gasteiger partial charge is 0.445 e. The molecule has 0 bridgehead atoms. The van der Waals surface area contributed by atoms with Crippen molar-refractivity contribution in [3.05, 3.63) is 66.0 Å². The number of amides is 1. The van der Waals surface area contributed by atoms with E-state index >= 15 is 0 Å². The SMILES string of the molecule is CC(NC1CC(NC(=O)OCc2ccccc2)C1)c1cccnc1. The quantitative estimate of drug-likeness (QED) is 0.856. The standard InChI is InChI=1S/C19H23N3O2/c1-14(16-8-5-9-20-12-16)21-17-10-18(11-17)22-19(23)24-13-15-6-3-2-4-7-15/h2-9,12,14,17-18,21H,10-11,13H2,1H3,(H,22,23). The summed E-state index contributed by atoms with van der Waals surface area (Å²) in [5, 5.41) is 6.48. The number of aromatic nitrogens is 1. The maximum Gasteiger partial charge on any atom is 0.407 e. The summed E-state index contributed by atoms with van der Waals surface area (Å²) in [6.07, 6.45) is 5.16. The van der Waals surface area contributed by atoms with Crippen LogP contribution >= 0.6 is 0 Å². The average molecular weight is 325 g/mol. The van der Waals surface area contributed by atoms with Crippen molar-refractivity contribution in [2.24, 2.45) is 0 Å². The number of hydrogen-bond donors (Lipinski definition) is 2. The van der Waals surface area contributed by atoms with Crippen LogP contribution in [0.3, 0.4) is 0 Å². The first-order chi connectivity index (χ1) is 11.7. The second-order valence-corrected chi connectivity index (χ2v) is 6.25. The number of rotatable bonds is 6. The van der Waals surface area contributed by atoms with Crippen LogP contribution in [0.25, 0.3) is 0 Å². The third-order valence-electron chi connectivity index (χ3n) is 4.34. The van der Waals surface area contributed by atoms with E-state index < -0.39 is 0 Å². The number of nitrogens with zero attached hydrogens (tertiary/aromatic N) is 1. The molecule has 0 radical (unpaired) electrons. The van der Waals surface area contributed by atoms with Gasteiger partial charge in [0.1, 0.15) is 6.61 Å². The van der Waals surface area contributed by atoms with Gasteiger partial charge in [0.15, 0.2) is 0 Å². The van der Waals surface area contributed by atoms with E-state index in [9.17, 15) is 4.79 Å². The van der Waals surface area contributed by atoms with Crippen molar-refractivity contribution in [3.8, 4) is 0 Å². The summed E-state index contributed by atoms with van der Waals surface area (Å²) < 4.78 is 5.24. The van der Waals surface area contributed by atoms with E-state index in [1.165, 1.54) is 5.56 Å². The highest BCUT2D eigenvalue weighted by Crippen LogP contribution is 2.23. The lowest BCUT2D eigenvalue weighted by atomic mass is 9.86. The van der Waals surface area contributed by atoms with E-state index in [1.807, 2.05) is 42.6 Å². The lowest BCUT2D eigenvalue weighted by Gasteiger charge is -2.37. The van der Waals surface area contributed by atoms with E-state index in [1.54, 1.807) is 6.20 Å². The molecule has 0 saturated heterocycles. The van der Waals surface area contributed by atoms with Crippen molar-refractivity contribution in [1.29, 1.82) is 0 Å². The van der Waals surface area contributed by atoms with Gasteiger partial charge in [0.2, 0.25) is 0 Å². The van der Waals surface area contributed by atoms with Crippen LogP contribution in [-0.4, -0.2) is 23.2 Å². The van der Waals surface area contributed by atoms with Crippen molar-refractivity contribution in [3.63, 3.8) is 0 Å². The Balaban J connectivity index is 1.34. The monoisotopic (exact) mass is 325 g/mol. The van der Waals surface area contributed by atoms with Gasteiger partial charge < -0.3 is 15.4 Å². The summed E-state index contributed by atoms with van der Waals surface area (Å²) in [7, 11) is 0. The Morgan fingerprint density at radius 1 is 1.21 bits per heavy atom. The minimum absolute atomic E-state index is 0.187. The molecule has 1 saturated carbocycles. The molecular formula is C19H23N3O2. The highest BCUT2D eigenvalue weighted by atomic mass is 16.5. The molecule has 2 aromatic rings. The first kappa shape index (κ1) is 16.5. The van der Waals surface area contributed by atoms with Crippen LogP contribution < -0.4 is 10.6 Å². The Labute approximate surface area is 142 Å². The highest BCUT2D eigenvalue weighted by Gasteiger charge is 2.31. The number of carbonyl (C=O) groups is 1.